The number of benzene rings is 1. The molecule has 3 rings (SSSR count). The normalized spacial score (nSPS) is 10.6. The number of carbonyl (C=O) groups excluding carboxylic acids is 2. The maximum atomic E-state index is 12.3. The van der Waals surface area contributed by atoms with E-state index in [1.54, 1.807) is 24.3 Å². The monoisotopic (exact) mass is 399 g/mol. The molecule has 8 nitrogen and oxygen atoms in total. The van der Waals surface area contributed by atoms with Crippen molar-refractivity contribution in [2.45, 2.75) is 19.3 Å². The number of nitrogens with zero attached hydrogens (tertiary/aromatic N) is 2. The predicted molar refractivity (Wildman–Crippen MR) is 107 cm³/mol. The van der Waals surface area contributed by atoms with Gasteiger partial charge in [-0.25, -0.2) is 0 Å². The Morgan fingerprint density at radius 2 is 2.04 bits per heavy atom. The fraction of sp³-hybridized carbons (Fsp3) is 0.263. The summed E-state index contributed by atoms with van der Waals surface area (Å²) >= 11 is 1.54. The van der Waals surface area contributed by atoms with Crippen molar-refractivity contribution in [1.82, 2.24) is 15.5 Å². The van der Waals surface area contributed by atoms with Gasteiger partial charge in [-0.1, -0.05) is 23.4 Å². The molecule has 2 heterocycles. The summed E-state index contributed by atoms with van der Waals surface area (Å²) in [4.78, 5) is 29.7. The zero-order valence-electron chi connectivity index (χ0n) is 15.2. The van der Waals surface area contributed by atoms with Gasteiger partial charge in [0, 0.05) is 25.9 Å². The first-order valence-corrected chi connectivity index (χ1v) is 9.79. The van der Waals surface area contributed by atoms with Crippen LogP contribution in [0.2, 0.25) is 0 Å². The van der Waals surface area contributed by atoms with Gasteiger partial charge >= 0.3 is 0 Å². The van der Waals surface area contributed by atoms with Gasteiger partial charge < -0.3 is 20.9 Å². The van der Waals surface area contributed by atoms with Crippen molar-refractivity contribution in [1.29, 1.82) is 0 Å². The Bertz CT molecular complexity index is 923. The van der Waals surface area contributed by atoms with E-state index in [2.05, 4.69) is 20.8 Å². The number of nitrogens with one attached hydrogen (secondary N) is 2. The Hall–Kier alpha value is -3.04. The maximum Gasteiger partial charge on any atom is 0.253 e. The lowest BCUT2D eigenvalue weighted by Crippen LogP contribution is -2.29. The van der Waals surface area contributed by atoms with Crippen LogP contribution in [0.3, 0.4) is 0 Å². The first kappa shape index (κ1) is 19.7. The van der Waals surface area contributed by atoms with Crippen LogP contribution in [0.5, 0.6) is 0 Å². The molecule has 0 aliphatic rings. The number of thiophene rings is 1. The third kappa shape index (κ3) is 5.24. The minimum atomic E-state index is -0.270. The Balaban J connectivity index is 1.50. The van der Waals surface area contributed by atoms with Crippen molar-refractivity contribution in [3.05, 3.63) is 53.2 Å². The van der Waals surface area contributed by atoms with Gasteiger partial charge in [-0.3, -0.25) is 9.59 Å². The van der Waals surface area contributed by atoms with E-state index in [4.69, 9.17) is 10.3 Å². The van der Waals surface area contributed by atoms with Gasteiger partial charge in [0.2, 0.25) is 17.6 Å². The summed E-state index contributed by atoms with van der Waals surface area (Å²) in [6.45, 7) is 0.725. The number of anilines is 1. The fourth-order valence-corrected chi connectivity index (χ4v) is 3.20. The lowest BCUT2D eigenvalue weighted by Gasteiger charge is -2.11. The van der Waals surface area contributed by atoms with Gasteiger partial charge in [0.25, 0.3) is 5.91 Å². The number of rotatable bonds is 9. The zero-order chi connectivity index (χ0) is 19.8. The maximum absolute atomic E-state index is 12.3. The topological polar surface area (TPSA) is 123 Å². The van der Waals surface area contributed by atoms with Crippen LogP contribution in [0.4, 0.5) is 5.69 Å². The number of amides is 2. The molecule has 1 aromatic carbocycles. The number of aromatic nitrogens is 2. The predicted octanol–water partition coefficient (Wildman–Crippen LogP) is 2.45. The van der Waals surface area contributed by atoms with Gasteiger partial charge in [-0.05, 0) is 30.0 Å². The molecule has 9 heteroatoms. The van der Waals surface area contributed by atoms with Gasteiger partial charge in [-0.15, -0.1) is 11.3 Å². The van der Waals surface area contributed by atoms with E-state index in [0.717, 1.165) is 4.88 Å². The molecular formula is C19H21N5O3S. The molecular weight excluding hydrogens is 378 g/mol. The Morgan fingerprint density at radius 1 is 1.18 bits per heavy atom. The fourth-order valence-electron chi connectivity index (χ4n) is 2.55. The van der Waals surface area contributed by atoms with Gasteiger partial charge in [0.05, 0.1) is 16.1 Å². The number of hydrogen-bond donors (Lipinski definition) is 3. The summed E-state index contributed by atoms with van der Waals surface area (Å²) in [7, 11) is 0. The van der Waals surface area contributed by atoms with E-state index < -0.39 is 0 Å². The zero-order valence-corrected chi connectivity index (χ0v) is 16.0. The van der Waals surface area contributed by atoms with Crippen molar-refractivity contribution in [2.75, 3.05) is 18.4 Å². The Labute approximate surface area is 166 Å². The Morgan fingerprint density at radius 3 is 2.82 bits per heavy atom. The SMILES string of the molecule is NCCNC(=O)c1ccccc1NC(=O)CCCc1nc(-c2cccs2)no1. The molecule has 0 bridgehead atoms. The third-order valence-electron chi connectivity index (χ3n) is 3.88. The molecule has 0 aliphatic carbocycles. The summed E-state index contributed by atoms with van der Waals surface area (Å²) in [5.74, 6) is 0.606. The minimum Gasteiger partial charge on any atom is -0.351 e. The first-order chi connectivity index (χ1) is 13.7. The number of nitrogens with two attached hydrogens (primary N) is 1. The van der Waals surface area contributed by atoms with Crippen LogP contribution in [0.1, 0.15) is 29.1 Å². The molecule has 2 aromatic heterocycles. The molecule has 146 valence electrons. The van der Waals surface area contributed by atoms with Crippen molar-refractivity contribution >= 4 is 28.8 Å². The second-order valence-electron chi connectivity index (χ2n) is 5.98. The summed E-state index contributed by atoms with van der Waals surface area (Å²) in [5, 5.41) is 11.4. The van der Waals surface area contributed by atoms with E-state index in [9.17, 15) is 9.59 Å². The number of aryl methyl sites for hydroxylation is 1. The van der Waals surface area contributed by atoms with Crippen LogP contribution in [-0.2, 0) is 11.2 Å². The molecule has 28 heavy (non-hydrogen) atoms. The molecule has 0 saturated carbocycles. The highest BCUT2D eigenvalue weighted by molar-refractivity contribution is 7.13. The summed E-state index contributed by atoms with van der Waals surface area (Å²) in [6.07, 6.45) is 1.33. The molecule has 3 aromatic rings. The lowest BCUT2D eigenvalue weighted by atomic mass is 10.1. The first-order valence-electron chi connectivity index (χ1n) is 8.91. The van der Waals surface area contributed by atoms with Crippen LogP contribution in [-0.4, -0.2) is 35.0 Å². The highest BCUT2D eigenvalue weighted by Crippen LogP contribution is 2.21. The van der Waals surface area contributed by atoms with Crippen LogP contribution in [0.15, 0.2) is 46.3 Å². The molecule has 0 fully saturated rings. The average molecular weight is 399 g/mol. The molecule has 0 spiro atoms. The molecule has 0 saturated heterocycles. The molecule has 4 N–H and O–H groups in total. The number of carbonyl (C=O) groups is 2. The van der Waals surface area contributed by atoms with Gasteiger partial charge in [0.1, 0.15) is 0 Å². The third-order valence-corrected chi connectivity index (χ3v) is 4.75. The molecule has 0 atom stereocenters. The summed E-state index contributed by atoms with van der Waals surface area (Å²) in [6, 6.07) is 10.7. The second kappa shape index (κ2) is 9.77. The quantitative estimate of drug-likeness (QED) is 0.508. The molecule has 0 unspecified atom stereocenters. The van der Waals surface area contributed by atoms with Crippen LogP contribution >= 0.6 is 11.3 Å². The number of para-hydroxylation sites is 1. The van der Waals surface area contributed by atoms with Crippen LogP contribution in [0.25, 0.3) is 10.7 Å². The van der Waals surface area contributed by atoms with Crippen molar-refractivity contribution in [2.24, 2.45) is 5.73 Å². The van der Waals surface area contributed by atoms with Crippen LogP contribution < -0.4 is 16.4 Å². The Kier molecular flexibility index (Phi) is 6.88. The standard InChI is InChI=1S/C19H21N5O3S/c20-10-11-21-19(26)13-5-1-2-6-14(13)22-16(25)8-3-9-17-23-18(24-27-17)15-7-4-12-28-15/h1-2,4-7,12H,3,8-11,20H2,(H,21,26)(H,22,25). The van der Waals surface area contributed by atoms with E-state index in [1.165, 1.54) is 11.3 Å². The van der Waals surface area contributed by atoms with E-state index >= 15 is 0 Å². The smallest absolute Gasteiger partial charge is 0.253 e. The van der Waals surface area contributed by atoms with Crippen molar-refractivity contribution in [3.63, 3.8) is 0 Å². The van der Waals surface area contributed by atoms with E-state index in [-0.39, 0.29) is 18.2 Å². The second-order valence-corrected chi connectivity index (χ2v) is 6.93. The van der Waals surface area contributed by atoms with Crippen LogP contribution in [0, 0.1) is 0 Å². The molecule has 0 radical (unpaired) electrons. The van der Waals surface area contributed by atoms with Crippen molar-refractivity contribution < 1.29 is 14.1 Å². The van der Waals surface area contributed by atoms with E-state index in [0.29, 0.717) is 48.9 Å². The van der Waals surface area contributed by atoms with E-state index in [1.807, 2.05) is 17.5 Å². The molecule has 2 amide bonds. The highest BCUT2D eigenvalue weighted by Gasteiger charge is 2.13. The molecule has 0 aliphatic heterocycles. The number of hydrogen-bond acceptors (Lipinski definition) is 7. The minimum absolute atomic E-state index is 0.183. The largest absolute Gasteiger partial charge is 0.351 e. The highest BCUT2D eigenvalue weighted by atomic mass is 32.1. The van der Waals surface area contributed by atoms with Gasteiger partial charge in [0.15, 0.2) is 0 Å². The summed E-state index contributed by atoms with van der Waals surface area (Å²) < 4.78 is 5.23. The lowest BCUT2D eigenvalue weighted by molar-refractivity contribution is -0.116. The van der Waals surface area contributed by atoms with Crippen molar-refractivity contribution in [3.8, 4) is 10.7 Å². The summed E-state index contributed by atoms with van der Waals surface area (Å²) in [5.41, 5.74) is 6.28. The van der Waals surface area contributed by atoms with Gasteiger partial charge in [-0.2, -0.15) is 4.98 Å². The average Bonchev–Trinajstić information content (AvgIpc) is 3.38.